The Bertz CT molecular complexity index is 1360. The van der Waals surface area contributed by atoms with Crippen molar-refractivity contribution in [3.05, 3.63) is 82.7 Å². The molecule has 4 aromatic rings. The van der Waals surface area contributed by atoms with Crippen molar-refractivity contribution in [1.82, 2.24) is 24.6 Å². The molecule has 0 saturated carbocycles. The smallest absolute Gasteiger partial charge is 0.341 e. The molecule has 0 spiro atoms. The summed E-state index contributed by atoms with van der Waals surface area (Å²) in [6.45, 7) is 5.33. The number of hydrogen-bond donors (Lipinski definition) is 2. The van der Waals surface area contributed by atoms with Gasteiger partial charge in [-0.15, -0.1) is 0 Å². The maximum absolute atomic E-state index is 12.9. The number of pyridine rings is 1. The van der Waals surface area contributed by atoms with Gasteiger partial charge in [-0.2, -0.15) is 5.10 Å². The zero-order valence-electron chi connectivity index (χ0n) is 18.2. The molecule has 2 aromatic carbocycles. The first-order chi connectivity index (χ1) is 16.0. The van der Waals surface area contributed by atoms with Crippen LogP contribution >= 0.6 is 0 Å². The van der Waals surface area contributed by atoms with E-state index in [0.29, 0.717) is 23.5 Å². The highest BCUT2D eigenvalue weighted by atomic mass is 16.4. The first-order valence-electron chi connectivity index (χ1n) is 10.8. The lowest BCUT2D eigenvalue weighted by molar-refractivity contribution is 0.0695. The summed E-state index contributed by atoms with van der Waals surface area (Å²) in [5.74, 6) is -1.24. The Hall–Kier alpha value is -3.98. The van der Waals surface area contributed by atoms with Gasteiger partial charge in [-0.05, 0) is 42.8 Å². The van der Waals surface area contributed by atoms with E-state index in [1.54, 1.807) is 21.6 Å². The molecule has 1 saturated heterocycles. The molecule has 1 fully saturated rings. The number of piperazine rings is 1. The number of fused-ring (bicyclic) bond motifs is 1. The molecule has 33 heavy (non-hydrogen) atoms. The van der Waals surface area contributed by atoms with Gasteiger partial charge in [-0.3, -0.25) is 4.79 Å². The second kappa shape index (κ2) is 8.51. The van der Waals surface area contributed by atoms with Gasteiger partial charge in [0, 0.05) is 48.6 Å². The number of carboxylic acid groups (broad SMARTS) is 1. The highest BCUT2D eigenvalue weighted by Gasteiger charge is 2.19. The van der Waals surface area contributed by atoms with Gasteiger partial charge in [0.05, 0.1) is 12.1 Å². The zero-order valence-corrected chi connectivity index (χ0v) is 18.2. The zero-order chi connectivity index (χ0) is 22.9. The monoisotopic (exact) mass is 444 g/mol. The molecule has 168 valence electrons. The molecule has 0 bridgehead atoms. The Labute approximate surface area is 189 Å². The number of hydrogen-bond acceptors (Lipinski definition) is 6. The first-order valence-corrected chi connectivity index (χ1v) is 10.8. The summed E-state index contributed by atoms with van der Waals surface area (Å²) in [7, 11) is 0. The predicted octanol–water partition coefficient (Wildman–Crippen LogP) is 2.13. The van der Waals surface area contributed by atoms with E-state index in [2.05, 4.69) is 27.2 Å². The van der Waals surface area contributed by atoms with E-state index in [-0.39, 0.29) is 5.56 Å². The Morgan fingerprint density at radius 2 is 1.97 bits per heavy atom. The van der Waals surface area contributed by atoms with E-state index >= 15 is 0 Å². The minimum Gasteiger partial charge on any atom is -0.477 e. The largest absolute Gasteiger partial charge is 0.477 e. The Morgan fingerprint density at radius 1 is 1.18 bits per heavy atom. The molecule has 0 amide bonds. The first kappa shape index (κ1) is 20.9. The molecule has 5 rings (SSSR count). The molecule has 3 heterocycles. The molecule has 1 unspecified atom stereocenters. The third-order valence-electron chi connectivity index (χ3n) is 5.98. The minimum atomic E-state index is -1.24. The van der Waals surface area contributed by atoms with Gasteiger partial charge in [-0.25, -0.2) is 14.5 Å². The summed E-state index contributed by atoms with van der Waals surface area (Å²) in [5, 5.41) is 17.6. The molecule has 2 aromatic heterocycles. The second-order valence-corrected chi connectivity index (χ2v) is 8.31. The molecule has 0 radical (unpaired) electrons. The van der Waals surface area contributed by atoms with Crippen LogP contribution in [0.3, 0.4) is 0 Å². The maximum atomic E-state index is 12.9. The van der Waals surface area contributed by atoms with Gasteiger partial charge < -0.3 is 19.9 Å². The predicted molar refractivity (Wildman–Crippen MR) is 125 cm³/mol. The van der Waals surface area contributed by atoms with Crippen molar-refractivity contribution >= 4 is 22.6 Å². The van der Waals surface area contributed by atoms with Crippen LogP contribution in [0.4, 0.5) is 5.69 Å². The number of nitrogens with zero attached hydrogens (tertiary/aromatic N) is 5. The van der Waals surface area contributed by atoms with Crippen molar-refractivity contribution in [3.8, 4) is 5.69 Å². The van der Waals surface area contributed by atoms with E-state index in [1.807, 2.05) is 36.4 Å². The number of aromatic nitrogens is 4. The lowest BCUT2D eigenvalue weighted by atomic mass is 10.1. The lowest BCUT2D eigenvalue weighted by Gasteiger charge is -2.33. The van der Waals surface area contributed by atoms with E-state index in [4.69, 9.17) is 0 Å². The fourth-order valence-corrected chi connectivity index (χ4v) is 4.31. The van der Waals surface area contributed by atoms with Crippen molar-refractivity contribution < 1.29 is 9.90 Å². The van der Waals surface area contributed by atoms with E-state index < -0.39 is 11.4 Å². The van der Waals surface area contributed by atoms with E-state index in [1.165, 1.54) is 12.5 Å². The van der Waals surface area contributed by atoms with Crippen LogP contribution in [0, 0.1) is 0 Å². The number of carbonyl (C=O) groups is 1. The molecule has 9 nitrogen and oxygen atoms in total. The third kappa shape index (κ3) is 4.10. The Morgan fingerprint density at radius 3 is 2.67 bits per heavy atom. The third-order valence-corrected chi connectivity index (χ3v) is 5.98. The van der Waals surface area contributed by atoms with Crippen LogP contribution in [0.2, 0.25) is 0 Å². The summed E-state index contributed by atoms with van der Waals surface area (Å²) < 4.78 is 3.52. The van der Waals surface area contributed by atoms with Crippen molar-refractivity contribution in [2.24, 2.45) is 0 Å². The van der Waals surface area contributed by atoms with Gasteiger partial charge >= 0.3 is 5.97 Å². The number of aromatic carboxylic acids is 1. The standard InChI is InChI=1S/C24H24N6O3/c1-16-11-28(9-8-26-16)19-6-7-20-22(10-19)30(13-21(23(20)31)24(32)33)18-4-2-17(3-5-18)12-29-15-25-14-27-29/h2-7,10,13-16,26H,8-9,11-12H2,1H3,(H,32,33). The Kier molecular flexibility index (Phi) is 5.39. The van der Waals surface area contributed by atoms with E-state index in [0.717, 1.165) is 36.6 Å². The maximum Gasteiger partial charge on any atom is 0.341 e. The minimum absolute atomic E-state index is 0.252. The SMILES string of the molecule is CC1CN(c2ccc3c(=O)c(C(=O)O)cn(-c4ccc(Cn5cncn5)cc4)c3c2)CCN1. The van der Waals surface area contributed by atoms with E-state index in [9.17, 15) is 14.7 Å². The molecular weight excluding hydrogens is 420 g/mol. The number of benzene rings is 2. The van der Waals surface area contributed by atoms with Crippen LogP contribution in [0.15, 0.2) is 66.1 Å². The summed E-state index contributed by atoms with van der Waals surface area (Å²) in [5.41, 5.74) is 2.77. The van der Waals surface area contributed by atoms with Crippen LogP contribution in [0.5, 0.6) is 0 Å². The number of nitrogens with one attached hydrogen (secondary N) is 1. The van der Waals surface area contributed by atoms with Gasteiger partial charge in [0.15, 0.2) is 0 Å². The summed E-state index contributed by atoms with van der Waals surface area (Å²) in [4.78, 5) is 30.9. The summed E-state index contributed by atoms with van der Waals surface area (Å²) in [6, 6.07) is 13.7. The fourth-order valence-electron chi connectivity index (χ4n) is 4.31. The van der Waals surface area contributed by atoms with Gasteiger partial charge in [0.2, 0.25) is 5.43 Å². The van der Waals surface area contributed by atoms with Crippen LogP contribution in [-0.2, 0) is 6.54 Å². The molecule has 9 heteroatoms. The van der Waals surface area contributed by atoms with Gasteiger partial charge in [-0.1, -0.05) is 12.1 Å². The molecular formula is C24H24N6O3. The van der Waals surface area contributed by atoms with Gasteiger partial charge in [0.1, 0.15) is 18.2 Å². The molecule has 2 N–H and O–H groups in total. The number of anilines is 1. The van der Waals surface area contributed by atoms with Crippen molar-refractivity contribution in [2.75, 3.05) is 24.5 Å². The lowest BCUT2D eigenvalue weighted by Crippen LogP contribution is -2.49. The number of carboxylic acids is 1. The molecule has 1 aliphatic heterocycles. The fraction of sp³-hybridized carbons (Fsp3) is 0.250. The Balaban J connectivity index is 1.61. The van der Waals surface area contributed by atoms with Crippen LogP contribution in [0.25, 0.3) is 16.6 Å². The molecule has 1 aliphatic rings. The van der Waals surface area contributed by atoms with Crippen molar-refractivity contribution in [2.45, 2.75) is 19.5 Å². The van der Waals surface area contributed by atoms with Crippen molar-refractivity contribution in [3.63, 3.8) is 0 Å². The molecule has 0 aliphatic carbocycles. The van der Waals surface area contributed by atoms with Gasteiger partial charge in [0.25, 0.3) is 0 Å². The highest BCUT2D eigenvalue weighted by Crippen LogP contribution is 2.25. The summed E-state index contributed by atoms with van der Waals surface area (Å²) >= 11 is 0. The topological polar surface area (TPSA) is 105 Å². The highest BCUT2D eigenvalue weighted by molar-refractivity contribution is 5.94. The van der Waals surface area contributed by atoms with Crippen LogP contribution in [-0.4, -0.2) is 56.1 Å². The van der Waals surface area contributed by atoms with Crippen LogP contribution < -0.4 is 15.6 Å². The average Bonchev–Trinajstić information content (AvgIpc) is 3.33. The molecule has 1 atom stereocenters. The second-order valence-electron chi connectivity index (χ2n) is 8.31. The summed E-state index contributed by atoms with van der Waals surface area (Å²) in [6.07, 6.45) is 4.56. The van der Waals surface area contributed by atoms with Crippen molar-refractivity contribution in [1.29, 1.82) is 0 Å². The number of rotatable bonds is 5. The quantitative estimate of drug-likeness (QED) is 0.486. The average molecular weight is 444 g/mol. The normalized spacial score (nSPS) is 16.3. The van der Waals surface area contributed by atoms with Crippen LogP contribution in [0.1, 0.15) is 22.8 Å².